The first-order valence-electron chi connectivity index (χ1n) is 4.74. The highest BCUT2D eigenvalue weighted by Gasteiger charge is 2.14. The van der Waals surface area contributed by atoms with Gasteiger partial charge in [0.05, 0.1) is 6.42 Å². The number of carbonyl (C=O) groups is 1. The fourth-order valence-corrected chi connectivity index (χ4v) is 1.96. The molecule has 0 saturated carbocycles. The van der Waals surface area contributed by atoms with Gasteiger partial charge >= 0.3 is 5.97 Å². The predicted octanol–water partition coefficient (Wildman–Crippen LogP) is 2.44. The minimum atomic E-state index is -1.02. The second-order valence-electron chi connectivity index (χ2n) is 3.57. The van der Waals surface area contributed by atoms with Gasteiger partial charge in [-0.15, -0.1) is 0 Å². The number of carboxylic acid groups (broad SMARTS) is 1. The van der Waals surface area contributed by atoms with E-state index in [1.807, 2.05) is 18.2 Å². The standard InChI is InChI=1S/C11H10BrNO3/c12-7-1-2-8-6(3-7)4-9(13-8)10(14)5-11(15)16/h1-4,10,13-14H,5H2,(H,15,16)/t10-/m1/s1. The molecule has 1 aromatic heterocycles. The number of halogens is 1. The average Bonchev–Trinajstić information content (AvgIpc) is 2.59. The Balaban J connectivity index is 2.35. The van der Waals surface area contributed by atoms with E-state index in [9.17, 15) is 9.90 Å². The molecule has 2 rings (SSSR count). The minimum Gasteiger partial charge on any atom is -0.481 e. The molecule has 0 spiro atoms. The summed E-state index contributed by atoms with van der Waals surface area (Å²) < 4.78 is 0.943. The maximum atomic E-state index is 10.5. The summed E-state index contributed by atoms with van der Waals surface area (Å²) in [6, 6.07) is 7.42. The van der Waals surface area contributed by atoms with Gasteiger partial charge in [0.25, 0.3) is 0 Å². The molecule has 1 heterocycles. The highest BCUT2D eigenvalue weighted by molar-refractivity contribution is 9.10. The van der Waals surface area contributed by atoms with E-state index in [-0.39, 0.29) is 6.42 Å². The maximum absolute atomic E-state index is 10.5. The number of hydrogen-bond donors (Lipinski definition) is 3. The topological polar surface area (TPSA) is 73.3 Å². The molecule has 0 fully saturated rings. The summed E-state index contributed by atoms with van der Waals surface area (Å²) in [4.78, 5) is 13.5. The number of aromatic amines is 1. The SMILES string of the molecule is O=C(O)C[C@@H](O)c1cc2cc(Br)ccc2[nH]1. The summed E-state index contributed by atoms with van der Waals surface area (Å²) >= 11 is 3.35. The lowest BCUT2D eigenvalue weighted by atomic mass is 10.2. The second-order valence-corrected chi connectivity index (χ2v) is 4.49. The summed E-state index contributed by atoms with van der Waals surface area (Å²) in [5.74, 6) is -1.02. The van der Waals surface area contributed by atoms with Gasteiger partial charge in [0.1, 0.15) is 6.10 Å². The largest absolute Gasteiger partial charge is 0.481 e. The molecule has 0 saturated heterocycles. The van der Waals surface area contributed by atoms with E-state index in [1.54, 1.807) is 6.07 Å². The van der Waals surface area contributed by atoms with Gasteiger partial charge in [0.2, 0.25) is 0 Å². The maximum Gasteiger partial charge on any atom is 0.306 e. The first-order valence-corrected chi connectivity index (χ1v) is 5.53. The summed E-state index contributed by atoms with van der Waals surface area (Å²) in [7, 11) is 0. The molecule has 0 unspecified atom stereocenters. The normalized spacial score (nSPS) is 12.9. The van der Waals surface area contributed by atoms with Crippen LogP contribution in [0, 0.1) is 0 Å². The fourth-order valence-electron chi connectivity index (χ4n) is 1.58. The van der Waals surface area contributed by atoms with Crippen molar-refractivity contribution < 1.29 is 15.0 Å². The highest BCUT2D eigenvalue weighted by atomic mass is 79.9. The van der Waals surface area contributed by atoms with Gasteiger partial charge in [-0.2, -0.15) is 0 Å². The summed E-state index contributed by atoms with van der Waals surface area (Å²) in [5, 5.41) is 19.2. The Morgan fingerprint density at radius 3 is 2.88 bits per heavy atom. The number of aromatic nitrogens is 1. The Bertz CT molecular complexity index is 535. The number of aliphatic hydroxyl groups excluding tert-OH is 1. The van der Waals surface area contributed by atoms with E-state index < -0.39 is 12.1 Å². The van der Waals surface area contributed by atoms with Crippen molar-refractivity contribution >= 4 is 32.8 Å². The van der Waals surface area contributed by atoms with Crippen molar-refractivity contribution in [2.45, 2.75) is 12.5 Å². The predicted molar refractivity (Wildman–Crippen MR) is 63.2 cm³/mol. The second kappa shape index (κ2) is 4.27. The smallest absolute Gasteiger partial charge is 0.306 e. The van der Waals surface area contributed by atoms with E-state index >= 15 is 0 Å². The van der Waals surface area contributed by atoms with E-state index in [2.05, 4.69) is 20.9 Å². The van der Waals surface area contributed by atoms with Crippen LogP contribution >= 0.6 is 15.9 Å². The van der Waals surface area contributed by atoms with Crippen molar-refractivity contribution in [1.82, 2.24) is 4.98 Å². The van der Waals surface area contributed by atoms with Crippen molar-refractivity contribution in [2.75, 3.05) is 0 Å². The third-order valence-corrected chi connectivity index (χ3v) is 2.82. The molecule has 2 aromatic rings. The number of hydrogen-bond acceptors (Lipinski definition) is 2. The molecule has 16 heavy (non-hydrogen) atoms. The van der Waals surface area contributed by atoms with Crippen LogP contribution in [0.25, 0.3) is 10.9 Å². The zero-order chi connectivity index (χ0) is 11.7. The number of rotatable bonds is 3. The van der Waals surface area contributed by atoms with Crippen molar-refractivity contribution in [2.24, 2.45) is 0 Å². The Kier molecular flexibility index (Phi) is 2.98. The molecule has 3 N–H and O–H groups in total. The number of aliphatic carboxylic acids is 1. The molecule has 1 atom stereocenters. The molecular formula is C11H10BrNO3. The Labute approximate surface area is 100 Å². The Morgan fingerprint density at radius 2 is 2.19 bits per heavy atom. The van der Waals surface area contributed by atoms with Gasteiger partial charge in [-0.05, 0) is 24.3 Å². The summed E-state index contributed by atoms with van der Waals surface area (Å²) in [5.41, 5.74) is 1.40. The van der Waals surface area contributed by atoms with Gasteiger partial charge in [0, 0.05) is 21.1 Å². The molecule has 0 radical (unpaired) electrons. The lowest BCUT2D eigenvalue weighted by Gasteiger charge is -2.03. The summed E-state index contributed by atoms with van der Waals surface area (Å²) in [6.07, 6.45) is -1.29. The molecular weight excluding hydrogens is 274 g/mol. The molecule has 0 aliphatic heterocycles. The Morgan fingerprint density at radius 1 is 1.44 bits per heavy atom. The Hall–Kier alpha value is -1.33. The van der Waals surface area contributed by atoms with Gasteiger partial charge in [-0.3, -0.25) is 4.79 Å². The number of carboxylic acids is 1. The molecule has 0 bridgehead atoms. The van der Waals surface area contributed by atoms with Crippen LogP contribution in [0.15, 0.2) is 28.7 Å². The van der Waals surface area contributed by atoms with Crippen LogP contribution < -0.4 is 0 Å². The highest BCUT2D eigenvalue weighted by Crippen LogP contribution is 2.24. The van der Waals surface area contributed by atoms with Crippen LogP contribution in [0.1, 0.15) is 18.2 Å². The first-order chi connectivity index (χ1) is 7.56. The quantitative estimate of drug-likeness (QED) is 0.810. The van der Waals surface area contributed by atoms with E-state index in [0.717, 1.165) is 15.4 Å². The third kappa shape index (κ3) is 2.25. The molecule has 1 aromatic carbocycles. The van der Waals surface area contributed by atoms with Gasteiger partial charge in [0.15, 0.2) is 0 Å². The lowest BCUT2D eigenvalue weighted by molar-refractivity contribution is -0.139. The van der Waals surface area contributed by atoms with Crippen LogP contribution in [0.5, 0.6) is 0 Å². The summed E-state index contributed by atoms with van der Waals surface area (Å²) in [6.45, 7) is 0. The number of H-pyrrole nitrogens is 1. The van der Waals surface area contributed by atoms with Crippen molar-refractivity contribution in [3.05, 3.63) is 34.4 Å². The van der Waals surface area contributed by atoms with Crippen LogP contribution in [0.3, 0.4) is 0 Å². The average molecular weight is 284 g/mol. The molecule has 0 amide bonds. The number of benzene rings is 1. The number of aliphatic hydroxyl groups is 1. The van der Waals surface area contributed by atoms with Crippen LogP contribution in [-0.4, -0.2) is 21.2 Å². The van der Waals surface area contributed by atoms with Crippen LogP contribution in [0.2, 0.25) is 0 Å². The first kappa shape index (κ1) is 11.2. The van der Waals surface area contributed by atoms with Crippen molar-refractivity contribution in [1.29, 1.82) is 0 Å². The minimum absolute atomic E-state index is 0.298. The molecule has 4 nitrogen and oxygen atoms in total. The lowest BCUT2D eigenvalue weighted by Crippen LogP contribution is -2.05. The monoisotopic (exact) mass is 283 g/mol. The third-order valence-electron chi connectivity index (χ3n) is 2.33. The van der Waals surface area contributed by atoms with E-state index in [4.69, 9.17) is 5.11 Å². The van der Waals surface area contributed by atoms with E-state index in [0.29, 0.717) is 5.69 Å². The van der Waals surface area contributed by atoms with Crippen molar-refractivity contribution in [3.8, 4) is 0 Å². The van der Waals surface area contributed by atoms with Gasteiger partial charge < -0.3 is 15.2 Å². The molecule has 5 heteroatoms. The van der Waals surface area contributed by atoms with Crippen molar-refractivity contribution in [3.63, 3.8) is 0 Å². The fraction of sp³-hybridized carbons (Fsp3) is 0.182. The van der Waals surface area contributed by atoms with Crippen LogP contribution in [-0.2, 0) is 4.79 Å². The zero-order valence-corrected chi connectivity index (χ0v) is 9.86. The van der Waals surface area contributed by atoms with Gasteiger partial charge in [-0.1, -0.05) is 15.9 Å². The van der Waals surface area contributed by atoms with E-state index in [1.165, 1.54) is 0 Å². The zero-order valence-electron chi connectivity index (χ0n) is 8.27. The van der Waals surface area contributed by atoms with Crippen LogP contribution in [0.4, 0.5) is 0 Å². The molecule has 0 aliphatic rings. The molecule has 84 valence electrons. The molecule has 0 aliphatic carbocycles. The number of nitrogens with one attached hydrogen (secondary N) is 1. The number of fused-ring (bicyclic) bond motifs is 1. The van der Waals surface area contributed by atoms with Gasteiger partial charge in [-0.25, -0.2) is 0 Å².